The maximum atomic E-state index is 13.0. The monoisotopic (exact) mass is 599 g/mol. The van der Waals surface area contributed by atoms with Crippen molar-refractivity contribution in [1.82, 2.24) is 20.0 Å². The second-order valence-electron chi connectivity index (χ2n) is 8.84. The van der Waals surface area contributed by atoms with E-state index in [1.165, 1.54) is 0 Å². The highest BCUT2D eigenvalue weighted by atomic mass is 79.9. The van der Waals surface area contributed by atoms with Gasteiger partial charge in [-0.2, -0.15) is 0 Å². The van der Waals surface area contributed by atoms with E-state index in [4.69, 9.17) is 39.3 Å². The molecule has 0 spiro atoms. The van der Waals surface area contributed by atoms with Crippen LogP contribution in [-0.4, -0.2) is 39.1 Å². The number of pyridine rings is 1. The van der Waals surface area contributed by atoms with Gasteiger partial charge >= 0.3 is 0 Å². The summed E-state index contributed by atoms with van der Waals surface area (Å²) >= 11 is 14.8. The number of halogens is 2. The third-order valence-electron chi connectivity index (χ3n) is 5.58. The minimum Gasteiger partial charge on any atom is -0.489 e. The first-order valence-corrected chi connectivity index (χ1v) is 13.3. The van der Waals surface area contributed by atoms with Crippen LogP contribution in [0.4, 0.5) is 0 Å². The standard InChI is InChI=1S/C27H27BrClN5O2S/c1-16(2)36-24-10-9-19(13-22(24)29)26(35)32-20(14-31-27(30)37)12-17-5-7-18(8-6-17)23-15-34-11-3-4-21(28)25(34)33-23/h3-11,13,15-16,20H,12,14H2,1-2H3,(H,32,35)(H3,30,31,37)/t20-/m0/s1. The Kier molecular flexibility index (Phi) is 8.68. The third kappa shape index (κ3) is 7.00. The average Bonchev–Trinajstić information content (AvgIpc) is 3.30. The molecule has 192 valence electrons. The Balaban J connectivity index is 1.48. The minimum absolute atomic E-state index is 0.0197. The summed E-state index contributed by atoms with van der Waals surface area (Å²) in [7, 11) is 0. The molecular formula is C27H27BrClN5O2S. The second-order valence-corrected chi connectivity index (χ2v) is 10.5. The third-order valence-corrected chi connectivity index (χ3v) is 6.64. The van der Waals surface area contributed by atoms with Gasteiger partial charge in [0.25, 0.3) is 5.91 Å². The highest BCUT2D eigenvalue weighted by Crippen LogP contribution is 2.27. The number of ether oxygens (including phenoxy) is 1. The first-order chi connectivity index (χ1) is 17.7. The van der Waals surface area contributed by atoms with Crippen molar-refractivity contribution in [3.63, 3.8) is 0 Å². The van der Waals surface area contributed by atoms with E-state index in [1.54, 1.807) is 18.2 Å². The molecule has 2 aromatic carbocycles. The Morgan fingerprint density at radius 2 is 1.97 bits per heavy atom. The lowest BCUT2D eigenvalue weighted by atomic mass is 10.0. The molecule has 0 saturated heterocycles. The van der Waals surface area contributed by atoms with Gasteiger partial charge in [-0.05, 0) is 84.3 Å². The van der Waals surface area contributed by atoms with E-state index in [0.717, 1.165) is 26.9 Å². The molecule has 0 aliphatic carbocycles. The molecule has 0 bridgehead atoms. The number of carbonyl (C=O) groups is 1. The fraction of sp³-hybridized carbons (Fsp3) is 0.222. The van der Waals surface area contributed by atoms with Crippen molar-refractivity contribution >= 4 is 56.4 Å². The van der Waals surface area contributed by atoms with Crippen molar-refractivity contribution in [1.29, 1.82) is 0 Å². The van der Waals surface area contributed by atoms with E-state index < -0.39 is 0 Å². The summed E-state index contributed by atoms with van der Waals surface area (Å²) in [5.41, 5.74) is 9.86. The summed E-state index contributed by atoms with van der Waals surface area (Å²) in [5.74, 6) is 0.289. The molecule has 10 heteroatoms. The van der Waals surface area contributed by atoms with Crippen molar-refractivity contribution in [3.8, 4) is 17.0 Å². The molecule has 4 rings (SSSR count). The number of aromatic nitrogens is 2. The quantitative estimate of drug-likeness (QED) is 0.224. The van der Waals surface area contributed by atoms with Crippen molar-refractivity contribution in [2.75, 3.05) is 6.54 Å². The zero-order valence-corrected chi connectivity index (χ0v) is 23.5. The second kappa shape index (κ2) is 11.9. The zero-order chi connectivity index (χ0) is 26.5. The van der Waals surface area contributed by atoms with Crippen molar-refractivity contribution in [2.45, 2.75) is 32.4 Å². The number of thiocarbonyl (C=S) groups is 1. The number of fused-ring (bicyclic) bond motifs is 1. The van der Waals surface area contributed by atoms with Crippen LogP contribution >= 0.6 is 39.7 Å². The molecule has 7 nitrogen and oxygen atoms in total. The predicted octanol–water partition coefficient (Wildman–Crippen LogP) is 5.38. The van der Waals surface area contributed by atoms with E-state index >= 15 is 0 Å². The van der Waals surface area contributed by atoms with Gasteiger partial charge in [-0.25, -0.2) is 4.98 Å². The van der Waals surface area contributed by atoms with Crippen LogP contribution in [0.1, 0.15) is 29.8 Å². The van der Waals surface area contributed by atoms with Gasteiger partial charge in [0.2, 0.25) is 0 Å². The number of hydrogen-bond donors (Lipinski definition) is 3. The van der Waals surface area contributed by atoms with Crippen LogP contribution in [0.25, 0.3) is 16.9 Å². The molecule has 0 unspecified atom stereocenters. The maximum absolute atomic E-state index is 13.0. The maximum Gasteiger partial charge on any atom is 0.251 e. The molecular weight excluding hydrogens is 574 g/mol. The molecule has 0 radical (unpaired) electrons. The van der Waals surface area contributed by atoms with Crippen LogP contribution in [0.3, 0.4) is 0 Å². The van der Waals surface area contributed by atoms with E-state index in [9.17, 15) is 4.79 Å². The highest BCUT2D eigenvalue weighted by Gasteiger charge is 2.17. The minimum atomic E-state index is -0.267. The number of imidazole rings is 1. The normalized spacial score (nSPS) is 11.9. The number of nitrogens with zero attached hydrogens (tertiary/aromatic N) is 2. The number of hydrogen-bond acceptors (Lipinski definition) is 4. The van der Waals surface area contributed by atoms with E-state index in [2.05, 4.69) is 26.6 Å². The Morgan fingerprint density at radius 3 is 2.62 bits per heavy atom. The Bertz CT molecular complexity index is 1420. The summed E-state index contributed by atoms with van der Waals surface area (Å²) in [4.78, 5) is 17.7. The highest BCUT2D eigenvalue weighted by molar-refractivity contribution is 9.10. The molecule has 4 N–H and O–H groups in total. The fourth-order valence-electron chi connectivity index (χ4n) is 3.87. The molecule has 1 atom stereocenters. The SMILES string of the molecule is CC(C)Oc1ccc(C(=O)N[C@H](CNC(N)=S)Cc2ccc(-c3cn4cccc(Br)c4n3)cc2)cc1Cl. The van der Waals surface area contributed by atoms with Gasteiger partial charge in [0, 0.05) is 30.1 Å². The number of carbonyl (C=O) groups excluding carboxylic acids is 1. The number of rotatable bonds is 9. The molecule has 37 heavy (non-hydrogen) atoms. The lowest BCUT2D eigenvalue weighted by molar-refractivity contribution is 0.0937. The summed E-state index contributed by atoms with van der Waals surface area (Å²) in [5, 5.41) is 6.57. The molecule has 2 heterocycles. The predicted molar refractivity (Wildman–Crippen MR) is 155 cm³/mol. The summed E-state index contributed by atoms with van der Waals surface area (Å²) in [6.07, 6.45) is 4.51. The zero-order valence-electron chi connectivity index (χ0n) is 20.4. The number of amides is 1. The van der Waals surface area contributed by atoms with Crippen LogP contribution in [-0.2, 0) is 6.42 Å². The van der Waals surface area contributed by atoms with Gasteiger partial charge in [0.05, 0.1) is 27.3 Å². The Hall–Kier alpha value is -3.14. The molecule has 0 saturated carbocycles. The van der Waals surface area contributed by atoms with Gasteiger partial charge in [0.15, 0.2) is 10.8 Å². The van der Waals surface area contributed by atoms with Crippen LogP contribution in [0.5, 0.6) is 5.75 Å². The smallest absolute Gasteiger partial charge is 0.251 e. The molecule has 0 fully saturated rings. The number of nitrogens with two attached hydrogens (primary N) is 1. The summed E-state index contributed by atoms with van der Waals surface area (Å²) < 4.78 is 8.57. The Morgan fingerprint density at radius 1 is 1.22 bits per heavy atom. The fourth-order valence-corrected chi connectivity index (χ4v) is 4.63. The molecule has 4 aromatic rings. The van der Waals surface area contributed by atoms with E-state index in [-0.39, 0.29) is 23.2 Å². The van der Waals surface area contributed by atoms with Crippen molar-refractivity contribution in [3.05, 3.63) is 87.6 Å². The van der Waals surface area contributed by atoms with Crippen LogP contribution in [0, 0.1) is 0 Å². The van der Waals surface area contributed by atoms with Crippen LogP contribution in [0.15, 0.2) is 71.5 Å². The van der Waals surface area contributed by atoms with Gasteiger partial charge in [-0.15, -0.1) is 0 Å². The number of nitrogens with one attached hydrogen (secondary N) is 2. The van der Waals surface area contributed by atoms with Gasteiger partial charge in [-0.3, -0.25) is 4.79 Å². The first-order valence-electron chi connectivity index (χ1n) is 11.7. The van der Waals surface area contributed by atoms with Gasteiger partial charge in [-0.1, -0.05) is 35.9 Å². The van der Waals surface area contributed by atoms with Crippen LogP contribution < -0.4 is 21.1 Å². The van der Waals surface area contributed by atoms with E-state index in [1.807, 2.05) is 67.0 Å². The average molecular weight is 601 g/mol. The number of benzene rings is 2. The molecule has 1 amide bonds. The van der Waals surface area contributed by atoms with Crippen molar-refractivity contribution in [2.24, 2.45) is 5.73 Å². The van der Waals surface area contributed by atoms with Gasteiger partial charge in [0.1, 0.15) is 5.75 Å². The largest absolute Gasteiger partial charge is 0.489 e. The van der Waals surface area contributed by atoms with Crippen LogP contribution in [0.2, 0.25) is 5.02 Å². The topological polar surface area (TPSA) is 93.7 Å². The lowest BCUT2D eigenvalue weighted by Gasteiger charge is -2.20. The summed E-state index contributed by atoms with van der Waals surface area (Å²) in [6, 6.07) is 16.8. The molecule has 0 aliphatic rings. The first kappa shape index (κ1) is 26.9. The molecule has 0 aliphatic heterocycles. The van der Waals surface area contributed by atoms with E-state index in [0.29, 0.717) is 29.3 Å². The molecule has 2 aromatic heterocycles. The Labute approximate surface area is 234 Å². The summed E-state index contributed by atoms with van der Waals surface area (Å²) in [6.45, 7) is 4.21. The lowest BCUT2D eigenvalue weighted by Crippen LogP contribution is -2.46. The van der Waals surface area contributed by atoms with Gasteiger partial charge < -0.3 is 25.5 Å². The van der Waals surface area contributed by atoms with Crippen molar-refractivity contribution < 1.29 is 9.53 Å².